The van der Waals surface area contributed by atoms with Crippen LogP contribution < -0.4 is 0 Å². The molecule has 0 saturated carbocycles. The van der Waals surface area contributed by atoms with Crippen LogP contribution >= 0.6 is 0 Å². The van der Waals surface area contributed by atoms with E-state index in [0.29, 0.717) is 12.2 Å². The highest BCUT2D eigenvalue weighted by Crippen LogP contribution is 2.36. The van der Waals surface area contributed by atoms with Crippen LogP contribution in [-0.4, -0.2) is 12.2 Å². The van der Waals surface area contributed by atoms with Gasteiger partial charge in [0.05, 0.1) is 5.60 Å². The number of rotatable bonds is 11. The Morgan fingerprint density at radius 1 is 0.913 bits per heavy atom. The monoisotopic (exact) mass is 326 g/mol. The third-order valence-electron chi connectivity index (χ3n) is 4.49. The van der Waals surface area contributed by atoms with Gasteiger partial charge in [-0.15, -0.1) is 0 Å². The highest BCUT2D eigenvalue weighted by molar-refractivity contribution is 5.24. The van der Waals surface area contributed by atoms with Gasteiger partial charge < -0.3 is 4.74 Å². The molecule has 1 atom stereocenters. The Bertz CT molecular complexity index is 437. The van der Waals surface area contributed by atoms with Gasteiger partial charge in [0.25, 0.3) is 0 Å². The van der Waals surface area contributed by atoms with Gasteiger partial charge in [0.15, 0.2) is 0 Å². The van der Waals surface area contributed by atoms with Crippen LogP contribution in [0.15, 0.2) is 18.2 Å². The molecule has 1 unspecified atom stereocenters. The first-order valence-electron chi connectivity index (χ1n) is 9.00. The Morgan fingerprint density at radius 3 is 2.04 bits per heavy atom. The predicted octanol–water partition coefficient (Wildman–Crippen LogP) is 6.61. The molecule has 0 amide bonds. The lowest BCUT2D eigenvalue weighted by atomic mass is 9.80. The van der Waals surface area contributed by atoms with Crippen LogP contribution in [-0.2, 0) is 4.74 Å². The molecule has 0 N–H and O–H groups in total. The molecule has 0 aliphatic carbocycles. The molecule has 132 valence electrons. The van der Waals surface area contributed by atoms with Gasteiger partial charge in [0.1, 0.15) is 11.6 Å². The molecule has 1 aromatic rings. The van der Waals surface area contributed by atoms with Crippen molar-refractivity contribution in [1.82, 2.24) is 0 Å². The fraction of sp³-hybridized carbons (Fsp3) is 0.700. The largest absolute Gasteiger partial charge is 0.375 e. The minimum absolute atomic E-state index is 0.00109. The van der Waals surface area contributed by atoms with Gasteiger partial charge in [-0.1, -0.05) is 45.4 Å². The molecule has 0 spiro atoms. The molecule has 1 rings (SSSR count). The van der Waals surface area contributed by atoms with Gasteiger partial charge >= 0.3 is 0 Å². The number of unbranched alkanes of at least 4 members (excludes halogenated alkanes) is 5. The van der Waals surface area contributed by atoms with Crippen LogP contribution in [0.25, 0.3) is 0 Å². The zero-order valence-corrected chi connectivity index (χ0v) is 15.1. The summed E-state index contributed by atoms with van der Waals surface area (Å²) in [7, 11) is 0. The molecule has 0 aliphatic heterocycles. The molecule has 0 aliphatic rings. The summed E-state index contributed by atoms with van der Waals surface area (Å²) in [5.41, 5.74) is 0.271. The second-order valence-electron chi connectivity index (χ2n) is 6.85. The van der Waals surface area contributed by atoms with Crippen molar-refractivity contribution in [2.24, 2.45) is 0 Å². The first kappa shape index (κ1) is 20.1. The maximum atomic E-state index is 13.6. The summed E-state index contributed by atoms with van der Waals surface area (Å²) >= 11 is 0. The van der Waals surface area contributed by atoms with E-state index in [4.69, 9.17) is 4.74 Å². The van der Waals surface area contributed by atoms with E-state index in [2.05, 4.69) is 6.92 Å². The third-order valence-corrected chi connectivity index (χ3v) is 4.49. The first-order valence-corrected chi connectivity index (χ1v) is 9.00. The van der Waals surface area contributed by atoms with E-state index in [-0.39, 0.29) is 5.92 Å². The second-order valence-corrected chi connectivity index (χ2v) is 6.85. The van der Waals surface area contributed by atoms with Gasteiger partial charge in [-0.25, -0.2) is 8.78 Å². The minimum Gasteiger partial charge on any atom is -0.375 e. The van der Waals surface area contributed by atoms with Crippen LogP contribution in [0.3, 0.4) is 0 Å². The average molecular weight is 326 g/mol. The maximum Gasteiger partial charge on any atom is 0.126 e. The highest BCUT2D eigenvalue weighted by atomic mass is 19.1. The van der Waals surface area contributed by atoms with Crippen LogP contribution in [0, 0.1) is 11.6 Å². The van der Waals surface area contributed by atoms with Crippen molar-refractivity contribution in [3.05, 3.63) is 35.4 Å². The molecule has 0 fully saturated rings. The number of halogens is 2. The summed E-state index contributed by atoms with van der Waals surface area (Å²) in [6.07, 6.45) is 8.13. The molecule has 0 radical (unpaired) electrons. The molecule has 1 aromatic carbocycles. The van der Waals surface area contributed by atoms with Crippen LogP contribution in [0.4, 0.5) is 8.78 Å². The van der Waals surface area contributed by atoms with Gasteiger partial charge in [-0.05, 0) is 44.9 Å². The van der Waals surface area contributed by atoms with Gasteiger partial charge in [0, 0.05) is 18.6 Å². The normalized spacial score (nSPS) is 13.3. The van der Waals surface area contributed by atoms with Crippen molar-refractivity contribution >= 4 is 0 Å². The summed E-state index contributed by atoms with van der Waals surface area (Å²) in [5.74, 6) is -1.03. The molecule has 0 aromatic heterocycles. The van der Waals surface area contributed by atoms with Crippen molar-refractivity contribution < 1.29 is 13.5 Å². The summed E-state index contributed by atoms with van der Waals surface area (Å²) in [5, 5.41) is 0. The quantitative estimate of drug-likeness (QED) is 0.415. The smallest absolute Gasteiger partial charge is 0.126 e. The van der Waals surface area contributed by atoms with Crippen molar-refractivity contribution in [1.29, 1.82) is 0 Å². The van der Waals surface area contributed by atoms with E-state index in [9.17, 15) is 8.78 Å². The summed E-state index contributed by atoms with van der Waals surface area (Å²) in [4.78, 5) is 0. The lowest BCUT2D eigenvalue weighted by molar-refractivity contribution is -0.0336. The minimum atomic E-state index is -0.514. The maximum absolute atomic E-state index is 13.6. The molecule has 0 heterocycles. The highest BCUT2D eigenvalue weighted by Gasteiger charge is 2.31. The molecule has 0 bridgehead atoms. The molecule has 3 heteroatoms. The SMILES string of the molecule is CCCCCCCCC(c1cc(F)cc(F)c1)C(C)(C)OCC. The van der Waals surface area contributed by atoms with E-state index in [1.807, 2.05) is 20.8 Å². The third kappa shape index (κ3) is 6.99. The Labute approximate surface area is 140 Å². The number of hydrogen-bond acceptors (Lipinski definition) is 1. The summed E-state index contributed by atoms with van der Waals surface area (Å²) in [6.45, 7) is 8.79. The molecule has 0 saturated heterocycles. The molecular weight excluding hydrogens is 294 g/mol. The van der Waals surface area contributed by atoms with Crippen LogP contribution in [0.2, 0.25) is 0 Å². The van der Waals surface area contributed by atoms with E-state index in [1.165, 1.54) is 37.8 Å². The Hall–Kier alpha value is -0.960. The van der Waals surface area contributed by atoms with Gasteiger partial charge in [-0.2, -0.15) is 0 Å². The Balaban J connectivity index is 2.77. The zero-order chi connectivity index (χ0) is 17.3. The lowest BCUT2D eigenvalue weighted by Gasteiger charge is -2.35. The molecule has 23 heavy (non-hydrogen) atoms. The van der Waals surface area contributed by atoms with E-state index >= 15 is 0 Å². The second kappa shape index (κ2) is 10.0. The summed E-state index contributed by atoms with van der Waals surface area (Å²) in [6, 6.07) is 3.83. The number of hydrogen-bond donors (Lipinski definition) is 0. The fourth-order valence-corrected chi connectivity index (χ4v) is 3.29. The standard InChI is InChI=1S/C20H32F2O/c1-5-7-8-9-10-11-12-19(20(3,4)23-6-2)16-13-17(21)15-18(22)14-16/h13-15,19H,5-12H2,1-4H3. The van der Waals surface area contributed by atoms with Crippen molar-refractivity contribution in [2.75, 3.05) is 6.61 Å². The van der Waals surface area contributed by atoms with Gasteiger partial charge in [0.2, 0.25) is 0 Å². The zero-order valence-electron chi connectivity index (χ0n) is 15.1. The Kier molecular flexibility index (Phi) is 8.75. The van der Waals surface area contributed by atoms with Crippen LogP contribution in [0.1, 0.15) is 84.1 Å². The number of ether oxygens (including phenoxy) is 1. The first-order chi connectivity index (χ1) is 10.9. The fourth-order valence-electron chi connectivity index (χ4n) is 3.29. The van der Waals surface area contributed by atoms with E-state index < -0.39 is 17.2 Å². The van der Waals surface area contributed by atoms with Crippen molar-refractivity contribution in [3.63, 3.8) is 0 Å². The van der Waals surface area contributed by atoms with Crippen molar-refractivity contribution in [2.45, 2.75) is 84.2 Å². The van der Waals surface area contributed by atoms with E-state index in [0.717, 1.165) is 25.3 Å². The van der Waals surface area contributed by atoms with Crippen molar-refractivity contribution in [3.8, 4) is 0 Å². The predicted molar refractivity (Wildman–Crippen MR) is 92.8 cm³/mol. The Morgan fingerprint density at radius 2 is 1.48 bits per heavy atom. The van der Waals surface area contributed by atoms with Crippen LogP contribution in [0.5, 0.6) is 0 Å². The topological polar surface area (TPSA) is 9.23 Å². The van der Waals surface area contributed by atoms with E-state index in [1.54, 1.807) is 0 Å². The van der Waals surface area contributed by atoms with Gasteiger partial charge in [-0.3, -0.25) is 0 Å². The number of benzene rings is 1. The average Bonchev–Trinajstić information content (AvgIpc) is 2.45. The lowest BCUT2D eigenvalue weighted by Crippen LogP contribution is -2.33. The summed E-state index contributed by atoms with van der Waals surface area (Å²) < 4.78 is 33.1. The molecular formula is C20H32F2O. The molecule has 1 nitrogen and oxygen atoms in total.